The zero-order chi connectivity index (χ0) is 29.8. The number of rotatable bonds is 6. The molecule has 1 amide bonds. The summed E-state index contributed by atoms with van der Waals surface area (Å²) in [7, 11) is 0. The summed E-state index contributed by atoms with van der Waals surface area (Å²) in [6, 6.07) is 6.01. The Labute approximate surface area is 242 Å². The van der Waals surface area contributed by atoms with Crippen LogP contribution >= 0.6 is 34.8 Å². The summed E-state index contributed by atoms with van der Waals surface area (Å²) in [6.45, 7) is 3.98. The van der Waals surface area contributed by atoms with Gasteiger partial charge >= 0.3 is 12.3 Å². The van der Waals surface area contributed by atoms with Gasteiger partial charge in [0.25, 0.3) is 0 Å². The highest BCUT2D eigenvalue weighted by molar-refractivity contribution is 6.48. The average molecular weight is 624 g/mol. The molecule has 0 N–H and O–H groups in total. The van der Waals surface area contributed by atoms with Gasteiger partial charge in [-0.2, -0.15) is 13.2 Å². The fraction of sp³-hybridized carbons (Fsp3) is 0.462. The van der Waals surface area contributed by atoms with Crippen molar-refractivity contribution in [2.75, 3.05) is 19.6 Å². The van der Waals surface area contributed by atoms with Crippen LogP contribution in [0, 0.1) is 10.1 Å². The first-order valence-electron chi connectivity index (χ1n) is 12.0. The molecule has 2 aromatic rings. The third-order valence-corrected chi connectivity index (χ3v) is 8.11. The average Bonchev–Trinajstić information content (AvgIpc) is 3.17. The van der Waals surface area contributed by atoms with Gasteiger partial charge in [0.15, 0.2) is 11.2 Å². The summed E-state index contributed by atoms with van der Waals surface area (Å²) in [6.07, 6.45) is -7.07. The van der Waals surface area contributed by atoms with Crippen molar-refractivity contribution in [3.05, 3.63) is 77.8 Å². The van der Waals surface area contributed by atoms with E-state index < -0.39 is 58.1 Å². The maximum atomic E-state index is 14.7. The predicted octanol–water partition coefficient (Wildman–Crippen LogP) is 6.97. The first-order chi connectivity index (χ1) is 18.4. The van der Waals surface area contributed by atoms with E-state index >= 15 is 0 Å². The number of halogens is 6. The molecule has 14 heteroatoms. The number of carbonyl (C=O) groups is 2. The van der Waals surface area contributed by atoms with E-state index in [0.29, 0.717) is 11.1 Å². The van der Waals surface area contributed by atoms with Gasteiger partial charge in [-0.05, 0) is 55.7 Å². The van der Waals surface area contributed by atoms with Crippen molar-refractivity contribution in [3.63, 3.8) is 0 Å². The van der Waals surface area contributed by atoms with Gasteiger partial charge in [-0.15, -0.1) is 0 Å². The highest BCUT2D eigenvalue weighted by atomic mass is 35.5. The molecule has 1 spiro atoms. The number of amides is 1. The number of nitrogens with zero attached hydrogens (tertiary/aromatic N) is 2. The number of benzene rings is 2. The second kappa shape index (κ2) is 10.3. The van der Waals surface area contributed by atoms with Crippen LogP contribution in [0.3, 0.4) is 0 Å². The zero-order valence-corrected chi connectivity index (χ0v) is 23.8. The first kappa shape index (κ1) is 30.4. The number of carbonyl (C=O) groups excluding carboxylic acids is 2. The van der Waals surface area contributed by atoms with Gasteiger partial charge < -0.3 is 14.4 Å². The summed E-state index contributed by atoms with van der Waals surface area (Å²) in [5.41, 5.74) is -4.38. The van der Waals surface area contributed by atoms with Crippen LogP contribution in [0.2, 0.25) is 15.1 Å². The SMILES string of the molecule is CC(C)(C)OC(=O)N1CC2(C1)OCc1ccc(C(=O)CC(C[N+](=O)[O-])(c3cc(Cl)c(Cl)c(Cl)c3)C(F)(F)F)cc12. The minimum Gasteiger partial charge on any atom is -0.444 e. The van der Waals surface area contributed by atoms with Crippen LogP contribution in [-0.4, -0.2) is 53.1 Å². The second-order valence-corrected chi connectivity index (χ2v) is 12.1. The van der Waals surface area contributed by atoms with Crippen LogP contribution in [0.4, 0.5) is 18.0 Å². The summed E-state index contributed by atoms with van der Waals surface area (Å²) in [5.74, 6) is -0.991. The second-order valence-electron chi connectivity index (χ2n) is 10.9. The van der Waals surface area contributed by atoms with E-state index in [1.54, 1.807) is 26.8 Å². The van der Waals surface area contributed by atoms with Crippen molar-refractivity contribution < 1.29 is 37.2 Å². The van der Waals surface area contributed by atoms with E-state index in [1.165, 1.54) is 17.0 Å². The number of Topliss-reactive ketones (excluding diaryl/α,β-unsaturated/α-hetero) is 1. The number of nitro groups is 1. The van der Waals surface area contributed by atoms with Crippen molar-refractivity contribution in [1.29, 1.82) is 0 Å². The zero-order valence-electron chi connectivity index (χ0n) is 21.5. The molecule has 8 nitrogen and oxygen atoms in total. The Hall–Kier alpha value is -2.60. The molecule has 40 heavy (non-hydrogen) atoms. The van der Waals surface area contributed by atoms with E-state index in [-0.39, 0.29) is 40.3 Å². The Morgan fingerprint density at radius 2 is 1.70 bits per heavy atom. The normalized spacial score (nSPS) is 17.7. The van der Waals surface area contributed by atoms with Crippen molar-refractivity contribution >= 4 is 46.7 Å². The topological polar surface area (TPSA) is 99.0 Å². The number of hydrogen-bond acceptors (Lipinski definition) is 6. The lowest BCUT2D eigenvalue weighted by molar-refractivity contribution is -0.501. The van der Waals surface area contributed by atoms with Crippen molar-refractivity contribution in [2.24, 2.45) is 0 Å². The minimum absolute atomic E-state index is 0.0949. The number of ketones is 1. The Morgan fingerprint density at radius 3 is 2.23 bits per heavy atom. The Balaban J connectivity index is 1.67. The third kappa shape index (κ3) is 5.61. The molecule has 1 atom stereocenters. The lowest BCUT2D eigenvalue weighted by Gasteiger charge is -2.47. The molecule has 1 unspecified atom stereocenters. The van der Waals surface area contributed by atoms with Gasteiger partial charge in [0.2, 0.25) is 6.54 Å². The van der Waals surface area contributed by atoms with Crippen LogP contribution in [-0.2, 0) is 27.1 Å². The quantitative estimate of drug-likeness (QED) is 0.149. The fourth-order valence-electron chi connectivity index (χ4n) is 4.91. The highest BCUT2D eigenvalue weighted by Crippen LogP contribution is 2.48. The van der Waals surface area contributed by atoms with E-state index in [0.717, 1.165) is 12.1 Å². The summed E-state index contributed by atoms with van der Waals surface area (Å²) in [4.78, 5) is 37.6. The Bertz CT molecular complexity index is 1370. The molecule has 2 aliphatic heterocycles. The summed E-state index contributed by atoms with van der Waals surface area (Å²) < 4.78 is 55.3. The minimum atomic E-state index is -5.24. The summed E-state index contributed by atoms with van der Waals surface area (Å²) in [5, 5.41) is 10.6. The molecule has 1 fully saturated rings. The van der Waals surface area contributed by atoms with E-state index in [1.807, 2.05) is 0 Å². The fourth-order valence-corrected chi connectivity index (χ4v) is 5.51. The van der Waals surface area contributed by atoms with Crippen molar-refractivity contribution in [3.8, 4) is 0 Å². The lowest BCUT2D eigenvalue weighted by atomic mass is 9.74. The molecule has 0 aromatic heterocycles. The predicted molar refractivity (Wildman–Crippen MR) is 141 cm³/mol. The van der Waals surface area contributed by atoms with E-state index in [9.17, 15) is 32.9 Å². The Morgan fingerprint density at radius 1 is 1.10 bits per heavy atom. The molecule has 0 saturated carbocycles. The third-order valence-electron chi connectivity index (χ3n) is 6.91. The smallest absolute Gasteiger partial charge is 0.410 e. The molecule has 216 valence electrons. The van der Waals surface area contributed by atoms with Crippen LogP contribution in [0.15, 0.2) is 30.3 Å². The van der Waals surface area contributed by atoms with Crippen LogP contribution in [0.1, 0.15) is 54.2 Å². The molecule has 2 heterocycles. The number of hydrogen-bond donors (Lipinski definition) is 0. The molecule has 2 aliphatic rings. The van der Waals surface area contributed by atoms with Gasteiger partial charge in [0.05, 0.1) is 34.8 Å². The van der Waals surface area contributed by atoms with Gasteiger partial charge in [0, 0.05) is 16.9 Å². The molecule has 0 radical (unpaired) electrons. The molecule has 0 bridgehead atoms. The number of likely N-dealkylation sites (tertiary alicyclic amines) is 1. The van der Waals surface area contributed by atoms with Gasteiger partial charge in [0.1, 0.15) is 11.2 Å². The first-order valence-corrected chi connectivity index (χ1v) is 13.1. The van der Waals surface area contributed by atoms with Crippen LogP contribution in [0.5, 0.6) is 0 Å². The van der Waals surface area contributed by atoms with Gasteiger partial charge in [-0.1, -0.05) is 46.9 Å². The number of fused-ring (bicyclic) bond motifs is 2. The van der Waals surface area contributed by atoms with E-state index in [2.05, 4.69) is 0 Å². The summed E-state index contributed by atoms with van der Waals surface area (Å²) >= 11 is 17.8. The van der Waals surface area contributed by atoms with Crippen molar-refractivity contribution in [2.45, 2.75) is 56.6 Å². The maximum absolute atomic E-state index is 14.7. The van der Waals surface area contributed by atoms with Gasteiger partial charge in [-0.3, -0.25) is 14.9 Å². The number of alkyl halides is 3. The maximum Gasteiger partial charge on any atom is 0.410 e. The molecular formula is C26H24Cl3F3N2O6. The number of ether oxygens (including phenoxy) is 2. The molecular weight excluding hydrogens is 600 g/mol. The lowest BCUT2D eigenvalue weighted by Crippen LogP contribution is -2.61. The van der Waals surface area contributed by atoms with E-state index in [4.69, 9.17) is 44.3 Å². The van der Waals surface area contributed by atoms with Crippen molar-refractivity contribution in [1.82, 2.24) is 4.90 Å². The van der Waals surface area contributed by atoms with Crippen LogP contribution in [0.25, 0.3) is 0 Å². The Kier molecular flexibility index (Phi) is 7.85. The molecule has 0 aliphatic carbocycles. The molecule has 2 aromatic carbocycles. The standard InChI is InChI=1S/C26H24Cl3F3N2O6/c1-23(2,3)40-22(36)33-12-25(13-33)17-6-14(4-5-15(17)10-39-25)20(35)9-24(11-34(37)38,26(30,31)32)16-7-18(27)21(29)19(28)8-16/h4-8H,9-13H2,1-3H3. The molecule has 4 rings (SSSR count). The van der Waals surface area contributed by atoms with Crippen LogP contribution < -0.4 is 0 Å². The monoisotopic (exact) mass is 622 g/mol. The molecule has 1 saturated heterocycles. The highest BCUT2D eigenvalue weighted by Gasteiger charge is 2.61. The van der Waals surface area contributed by atoms with Gasteiger partial charge in [-0.25, -0.2) is 4.79 Å². The largest absolute Gasteiger partial charge is 0.444 e.